The molecule has 1 N–H and O–H groups in total. The van der Waals surface area contributed by atoms with E-state index in [0.29, 0.717) is 5.82 Å². The maximum Gasteiger partial charge on any atom is 0.276 e. The Balaban J connectivity index is 2.18. The molecule has 0 fully saturated rings. The standard InChI is InChI=1S/C14H14ClN3O3/c1-9(10-3-5-12(21-2)6-4-10)16-14-8-11(18(19)20)7-13(15)17-14/h3-9H,1-2H3,(H,16,17). The van der Waals surface area contributed by atoms with Crippen molar-refractivity contribution in [1.29, 1.82) is 0 Å². The fraction of sp³-hybridized carbons (Fsp3) is 0.214. The van der Waals surface area contributed by atoms with Gasteiger partial charge in [-0.05, 0) is 24.6 Å². The molecule has 0 aliphatic rings. The summed E-state index contributed by atoms with van der Waals surface area (Å²) in [6, 6.07) is 10.0. The van der Waals surface area contributed by atoms with Crippen LogP contribution in [-0.2, 0) is 0 Å². The van der Waals surface area contributed by atoms with E-state index in [4.69, 9.17) is 16.3 Å². The second kappa shape index (κ2) is 6.41. The Labute approximate surface area is 126 Å². The van der Waals surface area contributed by atoms with Crippen LogP contribution in [0.4, 0.5) is 11.5 Å². The van der Waals surface area contributed by atoms with Gasteiger partial charge < -0.3 is 10.1 Å². The van der Waals surface area contributed by atoms with E-state index < -0.39 is 4.92 Å². The van der Waals surface area contributed by atoms with Crippen LogP contribution in [0.1, 0.15) is 18.5 Å². The highest BCUT2D eigenvalue weighted by Gasteiger charge is 2.12. The van der Waals surface area contributed by atoms with Crippen molar-refractivity contribution < 1.29 is 9.66 Å². The largest absolute Gasteiger partial charge is 0.497 e. The molecule has 21 heavy (non-hydrogen) atoms. The molecule has 6 nitrogen and oxygen atoms in total. The number of aromatic nitrogens is 1. The molecule has 2 rings (SSSR count). The minimum absolute atomic E-state index is 0.0774. The van der Waals surface area contributed by atoms with Crippen LogP contribution in [0.2, 0.25) is 5.15 Å². The lowest BCUT2D eigenvalue weighted by Crippen LogP contribution is -2.08. The fourth-order valence-electron chi connectivity index (χ4n) is 1.86. The molecule has 0 radical (unpaired) electrons. The molecule has 1 unspecified atom stereocenters. The lowest BCUT2D eigenvalue weighted by Gasteiger charge is -2.15. The van der Waals surface area contributed by atoms with Crippen LogP contribution in [0.25, 0.3) is 0 Å². The molecule has 1 aromatic heterocycles. The summed E-state index contributed by atoms with van der Waals surface area (Å²) in [7, 11) is 1.60. The number of benzene rings is 1. The predicted molar refractivity (Wildman–Crippen MR) is 80.9 cm³/mol. The summed E-state index contributed by atoms with van der Waals surface area (Å²) in [6.45, 7) is 1.93. The van der Waals surface area contributed by atoms with Gasteiger partial charge in [-0.25, -0.2) is 4.98 Å². The second-order valence-corrected chi connectivity index (χ2v) is 4.82. The summed E-state index contributed by atoms with van der Waals surface area (Å²) in [5.41, 5.74) is 0.902. The summed E-state index contributed by atoms with van der Waals surface area (Å²) in [6.07, 6.45) is 0. The summed E-state index contributed by atoms with van der Waals surface area (Å²) < 4.78 is 5.10. The molecule has 0 aliphatic heterocycles. The number of anilines is 1. The number of nitrogens with zero attached hydrogens (tertiary/aromatic N) is 2. The van der Waals surface area contributed by atoms with Crippen molar-refractivity contribution in [3.05, 3.63) is 57.2 Å². The predicted octanol–water partition coefficient (Wildman–Crippen LogP) is 3.82. The number of ether oxygens (including phenoxy) is 1. The molecular formula is C14H14ClN3O3. The minimum Gasteiger partial charge on any atom is -0.497 e. The van der Waals surface area contributed by atoms with Crippen LogP contribution in [0.3, 0.4) is 0 Å². The number of nitrogens with one attached hydrogen (secondary N) is 1. The first kappa shape index (κ1) is 15.1. The average Bonchev–Trinajstić information content (AvgIpc) is 2.46. The summed E-state index contributed by atoms with van der Waals surface area (Å²) in [5, 5.41) is 14.0. The molecule has 1 atom stereocenters. The van der Waals surface area contributed by atoms with E-state index in [-0.39, 0.29) is 16.9 Å². The third-order valence-electron chi connectivity index (χ3n) is 2.97. The van der Waals surface area contributed by atoms with Gasteiger partial charge in [0, 0.05) is 6.04 Å². The van der Waals surface area contributed by atoms with E-state index in [2.05, 4.69) is 10.3 Å². The van der Waals surface area contributed by atoms with Gasteiger partial charge in [0.25, 0.3) is 5.69 Å². The monoisotopic (exact) mass is 307 g/mol. The van der Waals surface area contributed by atoms with Crippen molar-refractivity contribution in [2.24, 2.45) is 0 Å². The zero-order valence-electron chi connectivity index (χ0n) is 11.5. The van der Waals surface area contributed by atoms with Gasteiger partial charge in [0.1, 0.15) is 16.7 Å². The number of nitro groups is 1. The quantitative estimate of drug-likeness (QED) is 0.516. The minimum atomic E-state index is -0.503. The molecule has 0 bridgehead atoms. The Morgan fingerprint density at radius 1 is 1.33 bits per heavy atom. The molecule has 110 valence electrons. The highest BCUT2D eigenvalue weighted by molar-refractivity contribution is 6.29. The van der Waals surface area contributed by atoms with Crippen LogP contribution in [0.15, 0.2) is 36.4 Å². The van der Waals surface area contributed by atoms with Gasteiger partial charge in [0.15, 0.2) is 0 Å². The lowest BCUT2D eigenvalue weighted by molar-refractivity contribution is -0.384. The zero-order chi connectivity index (χ0) is 15.4. The molecule has 2 aromatic rings. The van der Waals surface area contributed by atoms with Gasteiger partial charge in [-0.2, -0.15) is 0 Å². The van der Waals surface area contributed by atoms with Crippen LogP contribution < -0.4 is 10.1 Å². The van der Waals surface area contributed by atoms with Gasteiger partial charge in [0.05, 0.1) is 24.2 Å². The topological polar surface area (TPSA) is 77.3 Å². The summed E-state index contributed by atoms with van der Waals surface area (Å²) in [4.78, 5) is 14.3. The lowest BCUT2D eigenvalue weighted by atomic mass is 10.1. The molecule has 1 heterocycles. The van der Waals surface area contributed by atoms with E-state index >= 15 is 0 Å². The number of hydrogen-bond donors (Lipinski definition) is 1. The molecule has 1 aromatic carbocycles. The van der Waals surface area contributed by atoms with Gasteiger partial charge in [0.2, 0.25) is 0 Å². The van der Waals surface area contributed by atoms with Crippen molar-refractivity contribution in [1.82, 2.24) is 4.98 Å². The highest BCUT2D eigenvalue weighted by Crippen LogP contribution is 2.25. The number of pyridine rings is 1. The number of halogens is 1. The van der Waals surface area contributed by atoms with Crippen LogP contribution in [0, 0.1) is 10.1 Å². The van der Waals surface area contributed by atoms with Gasteiger partial charge in [-0.1, -0.05) is 23.7 Å². The van der Waals surface area contributed by atoms with Crippen molar-refractivity contribution >= 4 is 23.1 Å². The molecular weight excluding hydrogens is 294 g/mol. The molecule has 0 spiro atoms. The van der Waals surface area contributed by atoms with Crippen molar-refractivity contribution in [3.63, 3.8) is 0 Å². The zero-order valence-corrected chi connectivity index (χ0v) is 12.3. The highest BCUT2D eigenvalue weighted by atomic mass is 35.5. The molecule has 0 amide bonds. The first-order valence-corrected chi connectivity index (χ1v) is 6.60. The Bertz CT molecular complexity index is 646. The molecule has 0 saturated heterocycles. The third kappa shape index (κ3) is 3.82. The van der Waals surface area contributed by atoms with Crippen LogP contribution in [-0.4, -0.2) is 17.0 Å². The molecule has 0 saturated carbocycles. The Morgan fingerprint density at radius 2 is 2.00 bits per heavy atom. The first-order valence-electron chi connectivity index (χ1n) is 6.22. The van der Waals surface area contributed by atoms with Crippen LogP contribution >= 0.6 is 11.6 Å². The summed E-state index contributed by atoms with van der Waals surface area (Å²) in [5.74, 6) is 1.12. The second-order valence-electron chi connectivity index (χ2n) is 4.43. The Morgan fingerprint density at radius 3 is 2.57 bits per heavy atom. The van der Waals surface area contributed by atoms with E-state index in [1.807, 2.05) is 31.2 Å². The maximum absolute atomic E-state index is 10.8. The smallest absolute Gasteiger partial charge is 0.276 e. The third-order valence-corrected chi connectivity index (χ3v) is 3.16. The van der Waals surface area contributed by atoms with Crippen molar-refractivity contribution in [2.75, 3.05) is 12.4 Å². The van der Waals surface area contributed by atoms with E-state index in [1.165, 1.54) is 12.1 Å². The van der Waals surface area contributed by atoms with E-state index in [0.717, 1.165) is 11.3 Å². The van der Waals surface area contributed by atoms with Gasteiger partial charge >= 0.3 is 0 Å². The SMILES string of the molecule is COc1ccc(C(C)Nc2cc([N+](=O)[O-])cc(Cl)n2)cc1. The number of rotatable bonds is 5. The van der Waals surface area contributed by atoms with Crippen LogP contribution in [0.5, 0.6) is 5.75 Å². The van der Waals surface area contributed by atoms with Gasteiger partial charge in [-0.3, -0.25) is 10.1 Å². The van der Waals surface area contributed by atoms with E-state index in [1.54, 1.807) is 7.11 Å². The Kier molecular flexibility index (Phi) is 4.59. The van der Waals surface area contributed by atoms with Crippen molar-refractivity contribution in [2.45, 2.75) is 13.0 Å². The molecule has 0 aliphatic carbocycles. The molecule has 7 heteroatoms. The van der Waals surface area contributed by atoms with Crippen molar-refractivity contribution in [3.8, 4) is 5.75 Å². The van der Waals surface area contributed by atoms with E-state index in [9.17, 15) is 10.1 Å². The number of methoxy groups -OCH3 is 1. The first-order chi connectivity index (χ1) is 9.99. The average molecular weight is 308 g/mol. The van der Waals surface area contributed by atoms with Gasteiger partial charge in [-0.15, -0.1) is 0 Å². The maximum atomic E-state index is 10.8. The number of hydrogen-bond acceptors (Lipinski definition) is 5. The fourth-order valence-corrected chi connectivity index (χ4v) is 2.06. The summed E-state index contributed by atoms with van der Waals surface area (Å²) >= 11 is 5.79. The Hall–Kier alpha value is -2.34. The normalized spacial score (nSPS) is 11.8.